The number of piperidine rings is 1. The topological polar surface area (TPSA) is 113 Å². The lowest BCUT2D eigenvalue weighted by Crippen LogP contribution is -2.56. The Kier molecular flexibility index (Phi) is 9.69. The van der Waals surface area contributed by atoms with Gasteiger partial charge < -0.3 is 20.4 Å². The molecule has 6 rings (SSSR count). The molecule has 2 aromatic carbocycles. The summed E-state index contributed by atoms with van der Waals surface area (Å²) in [5, 5.41) is 24.4. The van der Waals surface area contributed by atoms with Gasteiger partial charge in [0.2, 0.25) is 5.91 Å². The molecule has 3 fully saturated rings. The molecule has 4 aliphatic heterocycles. The average Bonchev–Trinajstić information content (AvgIpc) is 3.21. The molecule has 0 aliphatic carbocycles. The molecule has 9 nitrogen and oxygen atoms in total. The van der Waals surface area contributed by atoms with Crippen LogP contribution in [-0.4, -0.2) is 87.1 Å². The Morgan fingerprint density at radius 1 is 0.848 bits per heavy atom. The summed E-state index contributed by atoms with van der Waals surface area (Å²) in [7, 11) is 0. The van der Waals surface area contributed by atoms with Crippen molar-refractivity contribution in [3.8, 4) is 0 Å². The third-order valence-electron chi connectivity index (χ3n) is 10.0. The van der Waals surface area contributed by atoms with Crippen LogP contribution in [0.3, 0.4) is 0 Å². The molecule has 2 bridgehead atoms. The van der Waals surface area contributed by atoms with Crippen molar-refractivity contribution < 1.29 is 24.6 Å². The van der Waals surface area contributed by atoms with Crippen molar-refractivity contribution in [1.29, 1.82) is 0 Å². The Bertz CT molecular complexity index is 1590. The number of allylic oxidation sites excluding steroid dienone is 1. The molecule has 4 heterocycles. The van der Waals surface area contributed by atoms with E-state index in [1.165, 1.54) is 30.5 Å². The Morgan fingerprint density at radius 3 is 2.04 bits per heavy atom. The molecular formula is C34H37Cl3N4O5. The van der Waals surface area contributed by atoms with Gasteiger partial charge in [-0.1, -0.05) is 53.0 Å². The summed E-state index contributed by atoms with van der Waals surface area (Å²) in [6, 6.07) is 14.3. The monoisotopic (exact) mass is 686 g/mol. The number of carbonyl (C=O) groups excluding carboxylic acids is 1. The van der Waals surface area contributed by atoms with E-state index in [0.717, 1.165) is 37.5 Å². The molecule has 12 heteroatoms. The first-order chi connectivity index (χ1) is 22.0. The minimum Gasteiger partial charge on any atom is -0.478 e. The summed E-state index contributed by atoms with van der Waals surface area (Å²) in [6.45, 7) is 5.06. The Labute approximate surface area is 283 Å². The van der Waals surface area contributed by atoms with E-state index in [-0.39, 0.29) is 50.5 Å². The van der Waals surface area contributed by atoms with Crippen LogP contribution in [-0.2, 0) is 20.9 Å². The Morgan fingerprint density at radius 2 is 1.46 bits per heavy atom. The SMILES string of the molecule is CC1=C(C(=O)O)C(c2c(Cl)cccc2Cl)C(C(=O)O)=C(CC(=O)N2CCN(C3CC4CCC(C3)N4Cc3cccc(Cl)c3)CC2)N1. The molecule has 0 saturated carbocycles. The van der Waals surface area contributed by atoms with Crippen LogP contribution in [0, 0.1) is 0 Å². The fourth-order valence-electron chi connectivity index (χ4n) is 7.89. The number of piperazine rings is 1. The zero-order chi connectivity index (χ0) is 32.7. The minimum atomic E-state index is -1.34. The standard InChI is InChI=1S/C34H37Cl3N4O5/c1-19-29(33(43)44)32(30-25(36)6-3-7-26(30)37)31(34(45)46)27(38-19)17-28(42)40-12-10-39(11-13-40)24-15-22-8-9-23(16-24)41(22)18-20-4-2-5-21(35)14-20/h2-7,14,22-24,32,38H,8-13,15-18H2,1H3,(H,43,44)(H,45,46). The maximum atomic E-state index is 13.6. The van der Waals surface area contributed by atoms with Crippen LogP contribution < -0.4 is 5.32 Å². The van der Waals surface area contributed by atoms with Crippen LogP contribution in [0.4, 0.5) is 0 Å². The van der Waals surface area contributed by atoms with Gasteiger partial charge in [0, 0.05) is 82.9 Å². The highest BCUT2D eigenvalue weighted by Gasteiger charge is 2.43. The highest BCUT2D eigenvalue weighted by Crippen LogP contribution is 2.45. The van der Waals surface area contributed by atoms with Gasteiger partial charge in [0.25, 0.3) is 0 Å². The summed E-state index contributed by atoms with van der Waals surface area (Å²) in [6.07, 6.45) is 4.40. The van der Waals surface area contributed by atoms with Crippen LogP contribution in [0.2, 0.25) is 15.1 Å². The van der Waals surface area contributed by atoms with Crippen LogP contribution in [0.5, 0.6) is 0 Å². The van der Waals surface area contributed by atoms with Crippen molar-refractivity contribution in [2.75, 3.05) is 26.2 Å². The van der Waals surface area contributed by atoms with E-state index in [0.29, 0.717) is 31.2 Å². The van der Waals surface area contributed by atoms with Crippen molar-refractivity contribution in [1.82, 2.24) is 20.0 Å². The maximum Gasteiger partial charge on any atom is 0.334 e. The van der Waals surface area contributed by atoms with Gasteiger partial charge in [0.05, 0.1) is 23.5 Å². The fraction of sp³-hybridized carbons (Fsp3) is 0.441. The van der Waals surface area contributed by atoms with Gasteiger partial charge >= 0.3 is 11.9 Å². The molecular weight excluding hydrogens is 651 g/mol. The Hall–Kier alpha value is -3.08. The molecule has 0 spiro atoms. The van der Waals surface area contributed by atoms with Crippen LogP contribution in [0.1, 0.15) is 56.1 Å². The lowest BCUT2D eigenvalue weighted by molar-refractivity contribution is -0.133. The summed E-state index contributed by atoms with van der Waals surface area (Å²) < 4.78 is 0. The van der Waals surface area contributed by atoms with Crippen molar-refractivity contribution in [3.05, 3.63) is 91.2 Å². The van der Waals surface area contributed by atoms with Gasteiger partial charge in [-0.2, -0.15) is 0 Å². The molecule has 0 radical (unpaired) electrons. The number of hydrogen-bond donors (Lipinski definition) is 3. The Balaban J connectivity index is 1.13. The van der Waals surface area contributed by atoms with Gasteiger partial charge in [-0.25, -0.2) is 9.59 Å². The number of nitrogens with zero attached hydrogens (tertiary/aromatic N) is 3. The lowest BCUT2D eigenvalue weighted by Gasteiger charge is -2.46. The molecule has 1 amide bonds. The summed E-state index contributed by atoms with van der Waals surface area (Å²) in [4.78, 5) is 45.6. The minimum absolute atomic E-state index is 0.145. The molecule has 244 valence electrons. The van der Waals surface area contributed by atoms with Crippen LogP contribution in [0.25, 0.3) is 0 Å². The maximum absolute atomic E-state index is 13.6. The number of rotatable bonds is 8. The van der Waals surface area contributed by atoms with Gasteiger partial charge in [0.1, 0.15) is 0 Å². The molecule has 46 heavy (non-hydrogen) atoms. The number of fused-ring (bicyclic) bond motifs is 2. The number of nitrogens with one attached hydrogen (secondary N) is 1. The van der Waals surface area contributed by atoms with E-state index in [2.05, 4.69) is 27.2 Å². The first-order valence-electron chi connectivity index (χ1n) is 15.6. The van der Waals surface area contributed by atoms with E-state index < -0.39 is 17.9 Å². The summed E-state index contributed by atoms with van der Waals surface area (Å²) >= 11 is 19.1. The van der Waals surface area contributed by atoms with Gasteiger partial charge in [-0.15, -0.1) is 0 Å². The number of carboxylic acid groups (broad SMARTS) is 2. The second kappa shape index (κ2) is 13.6. The van der Waals surface area contributed by atoms with Gasteiger partial charge in [-0.3, -0.25) is 14.6 Å². The van der Waals surface area contributed by atoms with E-state index >= 15 is 0 Å². The third kappa shape index (κ3) is 6.53. The van der Waals surface area contributed by atoms with E-state index in [1.807, 2.05) is 12.1 Å². The zero-order valence-corrected chi connectivity index (χ0v) is 27.8. The molecule has 2 aromatic rings. The molecule has 4 aliphatic rings. The normalized spacial score (nSPS) is 25.5. The van der Waals surface area contributed by atoms with Crippen LogP contribution >= 0.6 is 34.8 Å². The number of benzene rings is 2. The number of carboxylic acids is 2. The number of carbonyl (C=O) groups is 3. The van der Waals surface area contributed by atoms with Crippen molar-refractivity contribution in [3.63, 3.8) is 0 Å². The first kappa shape index (κ1) is 32.8. The molecule has 3 N–H and O–H groups in total. The van der Waals surface area contributed by atoms with E-state index in [4.69, 9.17) is 34.8 Å². The number of aliphatic carboxylic acids is 2. The summed E-state index contributed by atoms with van der Waals surface area (Å²) in [5.74, 6) is -4.11. The second-order valence-electron chi connectivity index (χ2n) is 12.6. The van der Waals surface area contributed by atoms with Gasteiger partial charge in [0.15, 0.2) is 0 Å². The lowest BCUT2D eigenvalue weighted by atomic mass is 9.79. The van der Waals surface area contributed by atoms with Crippen molar-refractivity contribution in [2.24, 2.45) is 0 Å². The number of amides is 1. The molecule has 3 unspecified atom stereocenters. The van der Waals surface area contributed by atoms with Gasteiger partial charge in [-0.05, 0) is 62.4 Å². The van der Waals surface area contributed by atoms with Crippen molar-refractivity contribution in [2.45, 2.75) is 69.6 Å². The second-order valence-corrected chi connectivity index (χ2v) is 13.9. The number of hydrogen-bond acceptors (Lipinski definition) is 6. The van der Waals surface area contributed by atoms with E-state index in [1.54, 1.807) is 17.9 Å². The zero-order valence-electron chi connectivity index (χ0n) is 25.5. The van der Waals surface area contributed by atoms with E-state index in [9.17, 15) is 24.6 Å². The molecule has 3 atom stereocenters. The smallest absolute Gasteiger partial charge is 0.334 e. The fourth-order valence-corrected chi connectivity index (χ4v) is 8.72. The highest BCUT2D eigenvalue weighted by molar-refractivity contribution is 6.36. The third-order valence-corrected chi connectivity index (χ3v) is 10.9. The number of halogens is 3. The highest BCUT2D eigenvalue weighted by atomic mass is 35.5. The largest absolute Gasteiger partial charge is 0.478 e. The summed E-state index contributed by atoms with van der Waals surface area (Å²) in [5.41, 5.74) is 1.40. The van der Waals surface area contributed by atoms with Crippen LogP contribution in [0.15, 0.2) is 65.0 Å². The first-order valence-corrected chi connectivity index (χ1v) is 16.8. The predicted octanol–water partition coefficient (Wildman–Crippen LogP) is 5.76. The molecule has 0 aromatic heterocycles. The molecule has 3 saturated heterocycles. The number of dihydropyridines is 1. The van der Waals surface area contributed by atoms with Crippen molar-refractivity contribution >= 4 is 52.6 Å². The quantitative estimate of drug-likeness (QED) is 0.321. The average molecular weight is 688 g/mol. The predicted molar refractivity (Wildman–Crippen MR) is 177 cm³/mol.